The van der Waals surface area contributed by atoms with Crippen molar-refractivity contribution in [1.82, 2.24) is 0 Å². The fraction of sp³-hybridized carbons (Fsp3) is 0.111. The van der Waals surface area contributed by atoms with Crippen LogP contribution in [0.5, 0.6) is 0 Å². The molecule has 1 aromatic rings. The van der Waals surface area contributed by atoms with Crippen molar-refractivity contribution in [3.63, 3.8) is 0 Å². The molecule has 0 aliphatic heterocycles. The van der Waals surface area contributed by atoms with E-state index in [4.69, 9.17) is 4.52 Å². The van der Waals surface area contributed by atoms with E-state index in [0.29, 0.717) is 15.4 Å². The van der Waals surface area contributed by atoms with Crippen molar-refractivity contribution in [1.29, 1.82) is 0 Å². The van der Waals surface area contributed by atoms with E-state index in [1.807, 2.05) is 18.2 Å². The molecule has 0 N–H and O–H groups in total. The minimum Gasteiger partial charge on any atom is -0.354 e. The smallest absolute Gasteiger partial charge is 0.0688 e. The van der Waals surface area contributed by atoms with Gasteiger partial charge in [-0.15, -0.1) is 6.58 Å². The van der Waals surface area contributed by atoms with Gasteiger partial charge >= 0.3 is 0 Å². The molecule has 0 saturated carbocycles. The topological polar surface area (TPSA) is 9.23 Å². The maximum atomic E-state index is 5.28. The summed E-state index contributed by atoms with van der Waals surface area (Å²) in [6, 6.07) is 10.1. The molecule has 0 saturated heterocycles. The van der Waals surface area contributed by atoms with Gasteiger partial charge in [0, 0.05) is 8.81 Å². The highest BCUT2D eigenvalue weighted by atomic mass is 31.1. The van der Waals surface area contributed by atoms with Gasteiger partial charge in [0.05, 0.1) is 6.61 Å². The van der Waals surface area contributed by atoms with Crippen molar-refractivity contribution in [2.24, 2.45) is 0 Å². The molecule has 0 aliphatic carbocycles. The fourth-order valence-electron chi connectivity index (χ4n) is 0.690. The van der Waals surface area contributed by atoms with Gasteiger partial charge in [0.15, 0.2) is 0 Å². The van der Waals surface area contributed by atoms with E-state index in [2.05, 4.69) is 18.7 Å². The van der Waals surface area contributed by atoms with E-state index in [1.165, 1.54) is 5.30 Å². The lowest BCUT2D eigenvalue weighted by molar-refractivity contribution is 0.421. The van der Waals surface area contributed by atoms with Crippen LogP contribution in [0.15, 0.2) is 43.0 Å². The average Bonchev–Trinajstić information content (AvgIpc) is 2.07. The molecule has 1 nitrogen and oxygen atoms in total. The van der Waals surface area contributed by atoms with Gasteiger partial charge in [-0.2, -0.15) is 0 Å². The maximum Gasteiger partial charge on any atom is 0.0688 e. The Morgan fingerprint density at radius 3 is 2.73 bits per heavy atom. The molecule has 0 amide bonds. The summed E-state index contributed by atoms with van der Waals surface area (Å²) in [6.45, 7) is 4.20. The summed E-state index contributed by atoms with van der Waals surface area (Å²) in [5.41, 5.74) is 0. The zero-order chi connectivity index (χ0) is 7.94. The van der Waals surface area contributed by atoms with Crippen molar-refractivity contribution < 1.29 is 4.52 Å². The van der Waals surface area contributed by atoms with Crippen LogP contribution < -0.4 is 5.30 Å². The molecule has 58 valence electrons. The Morgan fingerprint density at radius 2 is 2.09 bits per heavy atom. The molecule has 0 bridgehead atoms. The summed E-state index contributed by atoms with van der Waals surface area (Å²) >= 11 is 0. The van der Waals surface area contributed by atoms with Gasteiger partial charge in [-0.25, -0.2) is 0 Å². The summed E-state index contributed by atoms with van der Waals surface area (Å²) in [7, 11) is 0.440. The van der Waals surface area contributed by atoms with Gasteiger partial charge in [-0.1, -0.05) is 36.4 Å². The summed E-state index contributed by atoms with van der Waals surface area (Å²) < 4.78 is 5.28. The summed E-state index contributed by atoms with van der Waals surface area (Å²) in [6.07, 6.45) is 1.76. The molecular formula is C9H11OP. The Bertz CT molecular complexity index is 208. The van der Waals surface area contributed by atoms with Crippen molar-refractivity contribution in [3.05, 3.63) is 43.0 Å². The zero-order valence-corrected chi connectivity index (χ0v) is 7.29. The van der Waals surface area contributed by atoms with Crippen molar-refractivity contribution >= 4 is 14.1 Å². The van der Waals surface area contributed by atoms with Crippen LogP contribution in [-0.4, -0.2) is 6.61 Å². The van der Waals surface area contributed by atoms with Crippen LogP contribution in [0.25, 0.3) is 0 Å². The van der Waals surface area contributed by atoms with Gasteiger partial charge in [-0.05, 0) is 5.30 Å². The van der Waals surface area contributed by atoms with Crippen molar-refractivity contribution in [2.75, 3.05) is 6.61 Å². The van der Waals surface area contributed by atoms with Gasteiger partial charge in [0.1, 0.15) is 0 Å². The first-order chi connectivity index (χ1) is 5.43. The first-order valence-corrected chi connectivity index (χ1v) is 4.38. The van der Waals surface area contributed by atoms with E-state index in [1.54, 1.807) is 6.08 Å². The van der Waals surface area contributed by atoms with Crippen molar-refractivity contribution in [3.8, 4) is 0 Å². The molecule has 0 fully saturated rings. The SMILES string of the molecule is C=CCOPc1ccccc1. The maximum absolute atomic E-state index is 5.28. The van der Waals surface area contributed by atoms with Gasteiger partial charge in [-0.3, -0.25) is 0 Å². The van der Waals surface area contributed by atoms with Crippen LogP contribution in [0.3, 0.4) is 0 Å². The third kappa shape index (κ3) is 3.31. The molecule has 0 radical (unpaired) electrons. The van der Waals surface area contributed by atoms with Crippen LogP contribution >= 0.6 is 8.81 Å². The molecule has 2 heteroatoms. The second-order valence-corrected chi connectivity index (χ2v) is 3.14. The molecule has 1 rings (SSSR count). The lowest BCUT2D eigenvalue weighted by Gasteiger charge is -1.99. The Labute approximate surface area is 69.0 Å². The van der Waals surface area contributed by atoms with E-state index < -0.39 is 0 Å². The molecule has 0 aromatic heterocycles. The largest absolute Gasteiger partial charge is 0.354 e. The Kier molecular flexibility index (Phi) is 3.89. The number of hydrogen-bond donors (Lipinski definition) is 0. The third-order valence-corrected chi connectivity index (χ3v) is 2.05. The normalized spacial score (nSPS) is 10.5. The first-order valence-electron chi connectivity index (χ1n) is 3.47. The number of benzene rings is 1. The quantitative estimate of drug-likeness (QED) is 0.378. The lowest BCUT2D eigenvalue weighted by Crippen LogP contribution is -1.92. The van der Waals surface area contributed by atoms with Crippen LogP contribution in [0, 0.1) is 0 Å². The molecule has 11 heavy (non-hydrogen) atoms. The molecule has 1 atom stereocenters. The second-order valence-electron chi connectivity index (χ2n) is 2.07. The Hall–Kier alpha value is -0.650. The summed E-state index contributed by atoms with van der Waals surface area (Å²) in [5.74, 6) is 0. The molecule has 0 heterocycles. The third-order valence-electron chi connectivity index (χ3n) is 1.16. The lowest BCUT2D eigenvalue weighted by atomic mass is 10.4. The average molecular weight is 166 g/mol. The van der Waals surface area contributed by atoms with Gasteiger partial charge in [0.25, 0.3) is 0 Å². The monoisotopic (exact) mass is 166 g/mol. The molecular weight excluding hydrogens is 155 g/mol. The van der Waals surface area contributed by atoms with Crippen LogP contribution in [0.4, 0.5) is 0 Å². The van der Waals surface area contributed by atoms with E-state index in [-0.39, 0.29) is 0 Å². The molecule has 1 unspecified atom stereocenters. The van der Waals surface area contributed by atoms with E-state index in [9.17, 15) is 0 Å². The van der Waals surface area contributed by atoms with Crippen LogP contribution in [0.1, 0.15) is 0 Å². The van der Waals surface area contributed by atoms with Crippen LogP contribution in [0.2, 0.25) is 0 Å². The molecule has 0 aliphatic rings. The highest BCUT2D eigenvalue weighted by molar-refractivity contribution is 7.41. The number of hydrogen-bond acceptors (Lipinski definition) is 1. The summed E-state index contributed by atoms with van der Waals surface area (Å²) in [5, 5.41) is 1.23. The fourth-order valence-corrected chi connectivity index (χ4v) is 1.39. The zero-order valence-electron chi connectivity index (χ0n) is 6.29. The Morgan fingerprint density at radius 1 is 1.36 bits per heavy atom. The molecule has 1 aromatic carbocycles. The van der Waals surface area contributed by atoms with Gasteiger partial charge < -0.3 is 4.52 Å². The standard InChI is InChI=1S/C9H11OP/c1-2-8-10-11-9-6-4-3-5-7-9/h2-7,11H,1,8H2. The van der Waals surface area contributed by atoms with E-state index in [0.717, 1.165) is 0 Å². The predicted molar refractivity (Wildman–Crippen MR) is 50.5 cm³/mol. The minimum absolute atomic E-state index is 0.440. The highest BCUT2D eigenvalue weighted by Gasteiger charge is 1.87. The minimum atomic E-state index is 0.440. The molecule has 0 spiro atoms. The van der Waals surface area contributed by atoms with Crippen LogP contribution in [-0.2, 0) is 4.52 Å². The first kappa shape index (κ1) is 8.45. The highest BCUT2D eigenvalue weighted by Crippen LogP contribution is 2.10. The van der Waals surface area contributed by atoms with Gasteiger partial charge in [0.2, 0.25) is 0 Å². The second kappa shape index (κ2) is 5.06. The Balaban J connectivity index is 2.33. The summed E-state index contributed by atoms with van der Waals surface area (Å²) in [4.78, 5) is 0. The van der Waals surface area contributed by atoms with E-state index >= 15 is 0 Å². The number of rotatable bonds is 4. The van der Waals surface area contributed by atoms with Crippen molar-refractivity contribution in [2.45, 2.75) is 0 Å². The predicted octanol–water partition coefficient (Wildman–Crippen LogP) is 2.11.